The summed E-state index contributed by atoms with van der Waals surface area (Å²) in [6.07, 6.45) is 4.51. The van der Waals surface area contributed by atoms with E-state index in [-0.39, 0.29) is 5.41 Å². The molecule has 2 nitrogen and oxygen atoms in total. The van der Waals surface area contributed by atoms with Crippen LogP contribution in [0.3, 0.4) is 0 Å². The van der Waals surface area contributed by atoms with Crippen molar-refractivity contribution in [3.05, 3.63) is 17.7 Å². The van der Waals surface area contributed by atoms with Crippen LogP contribution < -0.4 is 0 Å². The molecule has 0 bridgehead atoms. The lowest BCUT2D eigenvalue weighted by Gasteiger charge is -2.13. The third-order valence-electron chi connectivity index (χ3n) is 2.56. The first-order valence-corrected chi connectivity index (χ1v) is 7.21. The Morgan fingerprint density at radius 2 is 2.00 bits per heavy atom. The van der Waals surface area contributed by atoms with Crippen molar-refractivity contribution < 1.29 is 0 Å². The maximum atomic E-state index is 4.73. The molecule has 0 aliphatic rings. The van der Waals surface area contributed by atoms with Gasteiger partial charge in [-0.25, -0.2) is 4.98 Å². The van der Waals surface area contributed by atoms with E-state index in [0.29, 0.717) is 0 Å². The van der Waals surface area contributed by atoms with Crippen LogP contribution in [-0.2, 0) is 18.9 Å². The van der Waals surface area contributed by atoms with Crippen LogP contribution in [0.4, 0.5) is 0 Å². The number of imidazole rings is 1. The zero-order valence-corrected chi connectivity index (χ0v) is 12.0. The number of aryl methyl sites for hydroxylation is 2. The number of rotatable bonds is 5. The van der Waals surface area contributed by atoms with Crippen molar-refractivity contribution in [1.29, 1.82) is 0 Å². The van der Waals surface area contributed by atoms with Gasteiger partial charge in [-0.3, -0.25) is 0 Å². The molecule has 1 aromatic rings. The van der Waals surface area contributed by atoms with E-state index in [9.17, 15) is 0 Å². The molecule has 0 amide bonds. The Balaban J connectivity index is 2.57. The van der Waals surface area contributed by atoms with Crippen LogP contribution >= 0.6 is 11.8 Å². The Kier molecular flexibility index (Phi) is 4.90. The standard InChI is InChI=1S/C13H24N2S/c1-6-8-16-9-7-12-14-11(10-15(12)5)13(2,3)4/h10H,6-9H2,1-5H3. The van der Waals surface area contributed by atoms with Gasteiger partial charge in [0.2, 0.25) is 0 Å². The zero-order valence-electron chi connectivity index (χ0n) is 11.2. The molecule has 0 aromatic carbocycles. The van der Waals surface area contributed by atoms with E-state index in [4.69, 9.17) is 4.98 Å². The average molecular weight is 240 g/mol. The number of aromatic nitrogens is 2. The van der Waals surface area contributed by atoms with Gasteiger partial charge in [0.1, 0.15) is 5.82 Å². The molecule has 92 valence electrons. The summed E-state index contributed by atoms with van der Waals surface area (Å²) in [6.45, 7) is 8.87. The molecule has 0 unspecified atom stereocenters. The third kappa shape index (κ3) is 3.85. The smallest absolute Gasteiger partial charge is 0.109 e. The first-order valence-electron chi connectivity index (χ1n) is 6.05. The van der Waals surface area contributed by atoms with Gasteiger partial charge < -0.3 is 4.57 Å². The predicted molar refractivity (Wildman–Crippen MR) is 73.2 cm³/mol. The SMILES string of the molecule is CCCSCCc1nc(C(C)(C)C)cn1C. The van der Waals surface area contributed by atoms with Crippen molar-refractivity contribution in [1.82, 2.24) is 9.55 Å². The molecule has 0 aliphatic carbocycles. The topological polar surface area (TPSA) is 17.8 Å². The summed E-state index contributed by atoms with van der Waals surface area (Å²) in [7, 11) is 2.10. The molecule has 1 rings (SSSR count). The Bertz CT molecular complexity index is 323. The fourth-order valence-electron chi connectivity index (χ4n) is 1.51. The van der Waals surface area contributed by atoms with Gasteiger partial charge in [0, 0.05) is 30.8 Å². The van der Waals surface area contributed by atoms with Gasteiger partial charge in [0.05, 0.1) is 5.69 Å². The first-order chi connectivity index (χ1) is 7.45. The molecule has 0 aliphatic heterocycles. The number of hydrogen-bond acceptors (Lipinski definition) is 2. The molecule has 0 saturated heterocycles. The van der Waals surface area contributed by atoms with Crippen LogP contribution in [0.5, 0.6) is 0 Å². The van der Waals surface area contributed by atoms with Crippen LogP contribution in [-0.4, -0.2) is 21.1 Å². The van der Waals surface area contributed by atoms with Gasteiger partial charge in [-0.1, -0.05) is 27.7 Å². The van der Waals surface area contributed by atoms with Gasteiger partial charge in [0.25, 0.3) is 0 Å². The average Bonchev–Trinajstić information content (AvgIpc) is 2.55. The van der Waals surface area contributed by atoms with E-state index in [0.717, 1.165) is 6.42 Å². The van der Waals surface area contributed by atoms with E-state index in [1.54, 1.807) is 0 Å². The van der Waals surface area contributed by atoms with E-state index in [2.05, 4.69) is 45.5 Å². The second-order valence-corrected chi connectivity index (χ2v) is 6.49. The van der Waals surface area contributed by atoms with Crippen molar-refractivity contribution in [2.24, 2.45) is 7.05 Å². The van der Waals surface area contributed by atoms with Crippen molar-refractivity contribution in [2.75, 3.05) is 11.5 Å². The van der Waals surface area contributed by atoms with E-state index >= 15 is 0 Å². The fraction of sp³-hybridized carbons (Fsp3) is 0.769. The van der Waals surface area contributed by atoms with Gasteiger partial charge in [-0.05, 0) is 12.2 Å². The van der Waals surface area contributed by atoms with Crippen LogP contribution in [0.1, 0.15) is 45.6 Å². The lowest BCUT2D eigenvalue weighted by Crippen LogP contribution is -2.11. The van der Waals surface area contributed by atoms with Crippen molar-refractivity contribution in [3.63, 3.8) is 0 Å². The predicted octanol–water partition coefficient (Wildman–Crippen LogP) is 3.40. The Morgan fingerprint density at radius 1 is 1.31 bits per heavy atom. The summed E-state index contributed by atoms with van der Waals surface area (Å²) in [4.78, 5) is 4.73. The van der Waals surface area contributed by atoms with E-state index in [1.807, 2.05) is 11.8 Å². The molecule has 0 spiro atoms. The molecule has 1 aromatic heterocycles. The van der Waals surface area contributed by atoms with Crippen LogP contribution in [0, 0.1) is 0 Å². The van der Waals surface area contributed by atoms with E-state index < -0.39 is 0 Å². The minimum Gasteiger partial charge on any atom is -0.338 e. The Morgan fingerprint density at radius 3 is 2.50 bits per heavy atom. The van der Waals surface area contributed by atoms with Gasteiger partial charge >= 0.3 is 0 Å². The van der Waals surface area contributed by atoms with Crippen molar-refractivity contribution in [2.45, 2.75) is 46.0 Å². The molecule has 1 heterocycles. The minimum absolute atomic E-state index is 0.159. The summed E-state index contributed by atoms with van der Waals surface area (Å²) in [5.41, 5.74) is 1.36. The second kappa shape index (κ2) is 5.76. The molecular formula is C13H24N2S. The quantitative estimate of drug-likeness (QED) is 0.734. The van der Waals surface area contributed by atoms with Crippen molar-refractivity contribution >= 4 is 11.8 Å². The normalized spacial score (nSPS) is 12.1. The molecular weight excluding hydrogens is 216 g/mol. The van der Waals surface area contributed by atoms with Gasteiger partial charge in [-0.2, -0.15) is 11.8 Å². The lowest BCUT2D eigenvalue weighted by atomic mass is 9.93. The number of nitrogens with zero attached hydrogens (tertiary/aromatic N) is 2. The van der Waals surface area contributed by atoms with Crippen LogP contribution in [0.2, 0.25) is 0 Å². The minimum atomic E-state index is 0.159. The van der Waals surface area contributed by atoms with Crippen molar-refractivity contribution in [3.8, 4) is 0 Å². The van der Waals surface area contributed by atoms with Gasteiger partial charge in [0.15, 0.2) is 0 Å². The van der Waals surface area contributed by atoms with Crippen LogP contribution in [0.25, 0.3) is 0 Å². The second-order valence-electron chi connectivity index (χ2n) is 5.27. The third-order valence-corrected chi connectivity index (χ3v) is 3.75. The van der Waals surface area contributed by atoms with E-state index in [1.165, 1.54) is 29.4 Å². The maximum Gasteiger partial charge on any atom is 0.109 e. The summed E-state index contributed by atoms with van der Waals surface area (Å²) < 4.78 is 2.17. The Hall–Kier alpha value is -0.440. The highest BCUT2D eigenvalue weighted by molar-refractivity contribution is 7.99. The molecule has 0 atom stereocenters. The first kappa shape index (κ1) is 13.6. The molecule has 16 heavy (non-hydrogen) atoms. The number of thioether (sulfide) groups is 1. The summed E-state index contributed by atoms with van der Waals surface area (Å²) in [6, 6.07) is 0. The van der Waals surface area contributed by atoms with Gasteiger partial charge in [-0.15, -0.1) is 0 Å². The summed E-state index contributed by atoms with van der Waals surface area (Å²) in [5.74, 6) is 3.66. The number of hydrogen-bond donors (Lipinski definition) is 0. The highest BCUT2D eigenvalue weighted by Gasteiger charge is 2.18. The summed E-state index contributed by atoms with van der Waals surface area (Å²) in [5, 5.41) is 0. The maximum absolute atomic E-state index is 4.73. The summed E-state index contributed by atoms with van der Waals surface area (Å²) >= 11 is 2.02. The Labute approximate surface area is 104 Å². The molecule has 0 radical (unpaired) electrons. The fourth-order valence-corrected chi connectivity index (χ4v) is 2.33. The molecule has 3 heteroatoms. The monoisotopic (exact) mass is 240 g/mol. The van der Waals surface area contributed by atoms with Crippen LogP contribution in [0.15, 0.2) is 6.20 Å². The highest BCUT2D eigenvalue weighted by Crippen LogP contribution is 2.21. The molecule has 0 N–H and O–H groups in total. The highest BCUT2D eigenvalue weighted by atomic mass is 32.2. The lowest BCUT2D eigenvalue weighted by molar-refractivity contribution is 0.570. The zero-order chi connectivity index (χ0) is 12.2. The molecule has 0 fully saturated rings. The largest absolute Gasteiger partial charge is 0.338 e. The molecule has 0 saturated carbocycles.